The standard InChI is InChI=1S/C17H23N5O2/c1-2-24-15-10-8-13(9-11-15)17(23)18-12-16-19-20-21-22(16)14-6-4-3-5-7-14/h8-11,14H,2-7,12H2,1H3,(H,18,23). The zero-order valence-corrected chi connectivity index (χ0v) is 13.9. The van der Waals surface area contributed by atoms with Crippen molar-refractivity contribution in [2.45, 2.75) is 51.6 Å². The first-order chi connectivity index (χ1) is 11.8. The van der Waals surface area contributed by atoms with Gasteiger partial charge in [-0.3, -0.25) is 4.79 Å². The Bertz CT molecular complexity index is 662. The van der Waals surface area contributed by atoms with E-state index in [0.717, 1.165) is 18.6 Å². The molecular formula is C17H23N5O2. The van der Waals surface area contributed by atoms with Gasteiger partial charge in [0.1, 0.15) is 5.75 Å². The van der Waals surface area contributed by atoms with E-state index in [1.54, 1.807) is 24.3 Å². The number of ether oxygens (including phenoxy) is 1. The lowest BCUT2D eigenvalue weighted by atomic mass is 9.95. The highest BCUT2D eigenvalue weighted by Gasteiger charge is 2.20. The van der Waals surface area contributed by atoms with Crippen molar-refractivity contribution >= 4 is 5.91 Å². The summed E-state index contributed by atoms with van der Waals surface area (Å²) in [5, 5.41) is 14.8. The van der Waals surface area contributed by atoms with E-state index in [2.05, 4.69) is 20.8 Å². The number of hydrogen-bond acceptors (Lipinski definition) is 5. The Kier molecular flexibility index (Phi) is 5.40. The number of aromatic nitrogens is 4. The molecule has 0 unspecified atom stereocenters. The first-order valence-corrected chi connectivity index (χ1v) is 8.55. The Balaban J connectivity index is 1.59. The first-order valence-electron chi connectivity index (χ1n) is 8.55. The molecule has 0 spiro atoms. The molecule has 1 amide bonds. The summed E-state index contributed by atoms with van der Waals surface area (Å²) in [4.78, 5) is 12.3. The Morgan fingerprint density at radius 1 is 1.25 bits per heavy atom. The number of amides is 1. The maximum absolute atomic E-state index is 12.3. The maximum atomic E-state index is 12.3. The molecular weight excluding hydrogens is 306 g/mol. The molecule has 2 aromatic rings. The molecule has 1 aromatic heterocycles. The zero-order chi connectivity index (χ0) is 16.8. The predicted octanol–water partition coefficient (Wildman–Crippen LogP) is 2.51. The normalized spacial score (nSPS) is 15.2. The van der Waals surface area contributed by atoms with Crippen molar-refractivity contribution in [2.75, 3.05) is 6.61 Å². The van der Waals surface area contributed by atoms with E-state index in [9.17, 15) is 4.79 Å². The SMILES string of the molecule is CCOc1ccc(C(=O)NCc2nnnn2C2CCCCC2)cc1. The van der Waals surface area contributed by atoms with E-state index in [-0.39, 0.29) is 5.91 Å². The van der Waals surface area contributed by atoms with Gasteiger partial charge in [-0.1, -0.05) is 19.3 Å². The second-order valence-corrected chi connectivity index (χ2v) is 5.97. The predicted molar refractivity (Wildman–Crippen MR) is 88.7 cm³/mol. The smallest absolute Gasteiger partial charge is 0.251 e. The van der Waals surface area contributed by atoms with Gasteiger partial charge in [0.2, 0.25) is 0 Å². The minimum absolute atomic E-state index is 0.142. The van der Waals surface area contributed by atoms with Gasteiger partial charge in [-0.15, -0.1) is 5.10 Å². The number of benzene rings is 1. The lowest BCUT2D eigenvalue weighted by Crippen LogP contribution is -2.26. The Morgan fingerprint density at radius 3 is 2.71 bits per heavy atom. The zero-order valence-electron chi connectivity index (χ0n) is 13.9. The molecule has 1 heterocycles. The first kappa shape index (κ1) is 16.4. The topological polar surface area (TPSA) is 81.9 Å². The highest BCUT2D eigenvalue weighted by molar-refractivity contribution is 5.94. The summed E-state index contributed by atoms with van der Waals surface area (Å²) in [6.45, 7) is 2.86. The largest absolute Gasteiger partial charge is 0.494 e. The molecule has 1 aliphatic carbocycles. The van der Waals surface area contributed by atoms with Gasteiger partial charge in [0.05, 0.1) is 19.2 Å². The van der Waals surface area contributed by atoms with Crippen molar-refractivity contribution in [1.82, 2.24) is 25.5 Å². The van der Waals surface area contributed by atoms with Gasteiger partial charge in [0, 0.05) is 5.56 Å². The molecule has 24 heavy (non-hydrogen) atoms. The average Bonchev–Trinajstić information content (AvgIpc) is 3.10. The minimum Gasteiger partial charge on any atom is -0.494 e. The Morgan fingerprint density at radius 2 is 2.00 bits per heavy atom. The second-order valence-electron chi connectivity index (χ2n) is 5.97. The fourth-order valence-corrected chi connectivity index (χ4v) is 3.07. The van der Waals surface area contributed by atoms with Gasteiger partial charge in [-0.05, 0) is 54.5 Å². The van der Waals surface area contributed by atoms with E-state index in [1.807, 2.05) is 11.6 Å². The lowest BCUT2D eigenvalue weighted by Gasteiger charge is -2.22. The van der Waals surface area contributed by atoms with E-state index in [1.165, 1.54) is 19.3 Å². The summed E-state index contributed by atoms with van der Waals surface area (Å²) in [6.07, 6.45) is 5.91. The molecule has 3 rings (SSSR count). The van der Waals surface area contributed by atoms with E-state index in [4.69, 9.17) is 4.74 Å². The van der Waals surface area contributed by atoms with Crippen molar-refractivity contribution in [3.63, 3.8) is 0 Å². The average molecular weight is 329 g/mol. The molecule has 7 nitrogen and oxygen atoms in total. The van der Waals surface area contributed by atoms with Gasteiger partial charge in [-0.2, -0.15) is 0 Å². The fraction of sp³-hybridized carbons (Fsp3) is 0.529. The third-order valence-corrected chi connectivity index (χ3v) is 4.32. The monoisotopic (exact) mass is 329 g/mol. The van der Waals surface area contributed by atoms with E-state index >= 15 is 0 Å². The molecule has 1 aromatic carbocycles. The van der Waals surface area contributed by atoms with E-state index in [0.29, 0.717) is 30.6 Å². The second kappa shape index (κ2) is 7.90. The van der Waals surface area contributed by atoms with Crippen molar-refractivity contribution in [2.24, 2.45) is 0 Å². The van der Waals surface area contributed by atoms with Crippen LogP contribution in [0.2, 0.25) is 0 Å². The summed E-state index contributed by atoms with van der Waals surface area (Å²) in [7, 11) is 0. The van der Waals surface area contributed by atoms with Crippen LogP contribution >= 0.6 is 0 Å². The van der Waals surface area contributed by atoms with Crippen LogP contribution in [-0.2, 0) is 6.54 Å². The number of hydrogen-bond donors (Lipinski definition) is 1. The number of tetrazole rings is 1. The van der Waals surface area contributed by atoms with Crippen LogP contribution < -0.4 is 10.1 Å². The summed E-state index contributed by atoms with van der Waals surface area (Å²) >= 11 is 0. The molecule has 1 N–H and O–H groups in total. The number of carbonyl (C=O) groups excluding carboxylic acids is 1. The summed E-state index contributed by atoms with van der Waals surface area (Å²) in [6, 6.07) is 7.45. The van der Waals surface area contributed by atoms with Crippen LogP contribution in [0.3, 0.4) is 0 Å². The molecule has 1 saturated carbocycles. The molecule has 1 aliphatic rings. The van der Waals surface area contributed by atoms with Crippen LogP contribution in [0.25, 0.3) is 0 Å². The van der Waals surface area contributed by atoms with Crippen LogP contribution in [0, 0.1) is 0 Å². The molecule has 0 aliphatic heterocycles. The van der Waals surface area contributed by atoms with Gasteiger partial charge in [0.25, 0.3) is 5.91 Å². The minimum atomic E-state index is -0.142. The van der Waals surface area contributed by atoms with Gasteiger partial charge in [-0.25, -0.2) is 4.68 Å². The number of nitrogens with one attached hydrogen (secondary N) is 1. The third-order valence-electron chi connectivity index (χ3n) is 4.32. The van der Waals surface area contributed by atoms with Crippen molar-refractivity contribution in [3.8, 4) is 5.75 Å². The van der Waals surface area contributed by atoms with Crippen molar-refractivity contribution < 1.29 is 9.53 Å². The van der Waals surface area contributed by atoms with Crippen molar-refractivity contribution in [3.05, 3.63) is 35.7 Å². The molecule has 1 fully saturated rings. The van der Waals surface area contributed by atoms with Gasteiger partial charge >= 0.3 is 0 Å². The molecule has 7 heteroatoms. The number of nitrogens with zero attached hydrogens (tertiary/aromatic N) is 4. The molecule has 0 atom stereocenters. The summed E-state index contributed by atoms with van der Waals surface area (Å²) < 4.78 is 7.25. The molecule has 0 bridgehead atoms. The van der Waals surface area contributed by atoms with Crippen LogP contribution in [0.15, 0.2) is 24.3 Å². The van der Waals surface area contributed by atoms with Crippen LogP contribution in [0.4, 0.5) is 0 Å². The van der Waals surface area contributed by atoms with E-state index < -0.39 is 0 Å². The van der Waals surface area contributed by atoms with Crippen LogP contribution in [0.1, 0.15) is 61.3 Å². The van der Waals surface area contributed by atoms with Crippen LogP contribution in [-0.4, -0.2) is 32.7 Å². The summed E-state index contributed by atoms with van der Waals surface area (Å²) in [5.41, 5.74) is 0.593. The maximum Gasteiger partial charge on any atom is 0.251 e. The fourth-order valence-electron chi connectivity index (χ4n) is 3.07. The Labute approximate surface area is 141 Å². The van der Waals surface area contributed by atoms with Gasteiger partial charge < -0.3 is 10.1 Å². The lowest BCUT2D eigenvalue weighted by molar-refractivity contribution is 0.0948. The Hall–Kier alpha value is -2.44. The van der Waals surface area contributed by atoms with Gasteiger partial charge in [0.15, 0.2) is 5.82 Å². The number of rotatable bonds is 6. The number of carbonyl (C=O) groups is 1. The highest BCUT2D eigenvalue weighted by Crippen LogP contribution is 2.27. The molecule has 128 valence electrons. The quantitative estimate of drug-likeness (QED) is 0.880. The summed E-state index contributed by atoms with van der Waals surface area (Å²) in [5.74, 6) is 1.33. The third kappa shape index (κ3) is 3.90. The van der Waals surface area contributed by atoms with Crippen molar-refractivity contribution in [1.29, 1.82) is 0 Å². The molecule has 0 saturated heterocycles. The highest BCUT2D eigenvalue weighted by atomic mass is 16.5. The molecule has 0 radical (unpaired) electrons. The van der Waals surface area contributed by atoms with Crippen LogP contribution in [0.5, 0.6) is 5.75 Å².